The van der Waals surface area contributed by atoms with E-state index in [1.807, 2.05) is 48.5 Å². The summed E-state index contributed by atoms with van der Waals surface area (Å²) < 4.78 is 0. The Morgan fingerprint density at radius 1 is 1.17 bits per heavy atom. The summed E-state index contributed by atoms with van der Waals surface area (Å²) in [6, 6.07) is 15.6. The van der Waals surface area contributed by atoms with Gasteiger partial charge in [0.1, 0.15) is 0 Å². The van der Waals surface area contributed by atoms with Crippen molar-refractivity contribution in [3.05, 3.63) is 70.1 Å². The van der Waals surface area contributed by atoms with Crippen molar-refractivity contribution in [1.29, 1.82) is 0 Å². The number of thiazole rings is 1. The van der Waals surface area contributed by atoms with E-state index in [-0.39, 0.29) is 5.91 Å². The molecule has 0 saturated heterocycles. The molecule has 0 fully saturated rings. The average molecular weight is 442 g/mol. The second-order valence-corrected chi connectivity index (χ2v) is 8.96. The first kappa shape index (κ1) is 22.3. The zero-order valence-electron chi connectivity index (χ0n) is 17.7. The van der Waals surface area contributed by atoms with Gasteiger partial charge in [-0.3, -0.25) is 4.79 Å². The van der Waals surface area contributed by atoms with Gasteiger partial charge in [-0.1, -0.05) is 62.7 Å². The minimum atomic E-state index is -0.0232. The first-order chi connectivity index (χ1) is 14.5. The molecule has 30 heavy (non-hydrogen) atoms. The fourth-order valence-electron chi connectivity index (χ4n) is 3.10. The van der Waals surface area contributed by atoms with Gasteiger partial charge in [0.15, 0.2) is 5.13 Å². The van der Waals surface area contributed by atoms with Crippen LogP contribution in [0.3, 0.4) is 0 Å². The van der Waals surface area contributed by atoms with Crippen LogP contribution >= 0.6 is 22.9 Å². The van der Waals surface area contributed by atoms with Crippen molar-refractivity contribution in [1.82, 2.24) is 10.3 Å². The van der Waals surface area contributed by atoms with Gasteiger partial charge in [-0.2, -0.15) is 0 Å². The normalized spacial score (nSPS) is 11.0. The smallest absolute Gasteiger partial charge is 0.251 e. The molecule has 6 heteroatoms. The fourth-order valence-corrected chi connectivity index (χ4v) is 4.18. The third kappa shape index (κ3) is 5.83. The Morgan fingerprint density at radius 3 is 2.57 bits per heavy atom. The van der Waals surface area contributed by atoms with Gasteiger partial charge in [0, 0.05) is 41.2 Å². The van der Waals surface area contributed by atoms with Crippen LogP contribution in [0.25, 0.3) is 11.3 Å². The third-order valence-electron chi connectivity index (χ3n) is 4.67. The molecule has 0 spiro atoms. The highest BCUT2D eigenvalue weighted by atomic mass is 35.5. The van der Waals surface area contributed by atoms with E-state index < -0.39 is 0 Å². The molecule has 0 unspecified atom stereocenters. The molecule has 0 atom stereocenters. The van der Waals surface area contributed by atoms with Crippen molar-refractivity contribution in [2.24, 2.45) is 5.92 Å². The van der Waals surface area contributed by atoms with Crippen molar-refractivity contribution in [3.8, 4) is 11.3 Å². The van der Waals surface area contributed by atoms with E-state index in [4.69, 9.17) is 16.6 Å². The summed E-state index contributed by atoms with van der Waals surface area (Å²) in [7, 11) is 0. The first-order valence-corrected chi connectivity index (χ1v) is 11.6. The Labute approximate surface area is 187 Å². The lowest BCUT2D eigenvalue weighted by atomic mass is 10.1. The lowest BCUT2D eigenvalue weighted by molar-refractivity contribution is 0.0949. The zero-order chi connectivity index (χ0) is 21.5. The first-order valence-electron chi connectivity index (χ1n) is 10.3. The number of rotatable bonds is 9. The number of aromatic nitrogens is 1. The Bertz CT molecular complexity index is 969. The second kappa shape index (κ2) is 10.6. The number of carbonyl (C=O) groups excluding carboxylic acids is 1. The van der Waals surface area contributed by atoms with E-state index in [2.05, 4.69) is 36.4 Å². The van der Waals surface area contributed by atoms with E-state index in [9.17, 15) is 4.79 Å². The van der Waals surface area contributed by atoms with Crippen LogP contribution in [0.1, 0.15) is 43.1 Å². The molecule has 0 bridgehead atoms. The average Bonchev–Trinajstić information content (AvgIpc) is 3.22. The maximum atomic E-state index is 12.2. The van der Waals surface area contributed by atoms with Crippen molar-refractivity contribution in [2.45, 2.75) is 33.7 Å². The molecule has 4 nitrogen and oxygen atoms in total. The molecule has 0 aliphatic rings. The second-order valence-electron chi connectivity index (χ2n) is 7.72. The number of anilines is 1. The summed E-state index contributed by atoms with van der Waals surface area (Å²) in [4.78, 5) is 19.3. The summed E-state index contributed by atoms with van der Waals surface area (Å²) in [5, 5.41) is 6.70. The Morgan fingerprint density at radius 2 is 1.90 bits per heavy atom. The van der Waals surface area contributed by atoms with Crippen LogP contribution in [0.15, 0.2) is 53.9 Å². The highest BCUT2D eigenvalue weighted by Gasteiger charge is 2.14. The number of hydrogen-bond acceptors (Lipinski definition) is 4. The molecule has 158 valence electrons. The van der Waals surface area contributed by atoms with Gasteiger partial charge in [0.05, 0.1) is 5.69 Å². The Hall–Kier alpha value is -2.37. The van der Waals surface area contributed by atoms with Crippen molar-refractivity contribution in [2.75, 3.05) is 18.0 Å². The van der Waals surface area contributed by atoms with Crippen LogP contribution < -0.4 is 10.2 Å². The predicted octanol–water partition coefficient (Wildman–Crippen LogP) is 6.27. The maximum Gasteiger partial charge on any atom is 0.251 e. The minimum Gasteiger partial charge on any atom is -0.352 e. The summed E-state index contributed by atoms with van der Waals surface area (Å²) in [5.74, 6) is 0.412. The van der Waals surface area contributed by atoms with Crippen LogP contribution in [0.4, 0.5) is 5.13 Å². The molecule has 0 aliphatic heterocycles. The van der Waals surface area contributed by atoms with Crippen molar-refractivity contribution >= 4 is 34.0 Å². The maximum absolute atomic E-state index is 12.2. The highest BCUT2D eigenvalue weighted by Crippen LogP contribution is 2.32. The molecule has 3 aromatic rings. The van der Waals surface area contributed by atoms with Gasteiger partial charge in [0.2, 0.25) is 0 Å². The largest absolute Gasteiger partial charge is 0.352 e. The molecular weight excluding hydrogens is 414 g/mol. The zero-order valence-corrected chi connectivity index (χ0v) is 19.3. The van der Waals surface area contributed by atoms with Gasteiger partial charge in [-0.15, -0.1) is 11.3 Å². The molecule has 0 radical (unpaired) electrons. The molecule has 1 heterocycles. The molecule has 1 aromatic heterocycles. The Kier molecular flexibility index (Phi) is 7.88. The molecule has 0 aliphatic carbocycles. The van der Waals surface area contributed by atoms with Crippen LogP contribution in [0, 0.1) is 5.92 Å². The fraction of sp³-hybridized carbons (Fsp3) is 0.333. The van der Waals surface area contributed by atoms with E-state index >= 15 is 0 Å². The van der Waals surface area contributed by atoms with Crippen LogP contribution in [-0.2, 0) is 6.54 Å². The highest BCUT2D eigenvalue weighted by molar-refractivity contribution is 7.14. The SMILES string of the molecule is CCCN(Cc1ccc(C(=O)NCC(C)C)cc1)c1nc(-c2ccccc2Cl)cs1. The third-order valence-corrected chi connectivity index (χ3v) is 5.90. The van der Waals surface area contributed by atoms with E-state index in [0.717, 1.165) is 41.5 Å². The van der Waals surface area contributed by atoms with Crippen molar-refractivity contribution in [3.63, 3.8) is 0 Å². The molecular formula is C24H28ClN3OS. The topological polar surface area (TPSA) is 45.2 Å². The molecule has 1 N–H and O–H groups in total. The number of amides is 1. The van der Waals surface area contributed by atoms with Gasteiger partial charge >= 0.3 is 0 Å². The summed E-state index contributed by atoms with van der Waals surface area (Å²) in [6.07, 6.45) is 1.02. The van der Waals surface area contributed by atoms with Crippen LogP contribution in [0.5, 0.6) is 0 Å². The van der Waals surface area contributed by atoms with Crippen molar-refractivity contribution < 1.29 is 4.79 Å². The number of benzene rings is 2. The summed E-state index contributed by atoms with van der Waals surface area (Å²) in [6.45, 7) is 8.67. The number of nitrogens with one attached hydrogen (secondary N) is 1. The Balaban J connectivity index is 1.72. The summed E-state index contributed by atoms with van der Waals surface area (Å²) >= 11 is 7.97. The quantitative estimate of drug-likeness (QED) is 0.425. The molecule has 2 aromatic carbocycles. The minimum absolute atomic E-state index is 0.0232. The summed E-state index contributed by atoms with van der Waals surface area (Å²) in [5.41, 5.74) is 3.70. The van der Waals surface area contributed by atoms with E-state index in [1.165, 1.54) is 0 Å². The van der Waals surface area contributed by atoms with Gasteiger partial charge < -0.3 is 10.2 Å². The predicted molar refractivity (Wildman–Crippen MR) is 128 cm³/mol. The number of carbonyl (C=O) groups is 1. The van der Waals surface area contributed by atoms with Crippen LogP contribution in [0.2, 0.25) is 5.02 Å². The molecule has 1 amide bonds. The van der Waals surface area contributed by atoms with Crippen LogP contribution in [-0.4, -0.2) is 24.0 Å². The standard InChI is InChI=1S/C24H28ClN3OS/c1-4-13-28(24-27-22(16-30-24)20-7-5-6-8-21(20)25)15-18-9-11-19(12-10-18)23(29)26-14-17(2)3/h5-12,16-17H,4,13-15H2,1-3H3,(H,26,29). The number of nitrogens with zero attached hydrogens (tertiary/aromatic N) is 2. The molecule has 3 rings (SSSR count). The monoisotopic (exact) mass is 441 g/mol. The van der Waals surface area contributed by atoms with E-state index in [0.29, 0.717) is 23.0 Å². The lowest BCUT2D eigenvalue weighted by Crippen LogP contribution is -2.27. The van der Waals surface area contributed by atoms with Gasteiger partial charge in [0.25, 0.3) is 5.91 Å². The molecule has 0 saturated carbocycles. The van der Waals surface area contributed by atoms with E-state index in [1.54, 1.807) is 11.3 Å². The lowest BCUT2D eigenvalue weighted by Gasteiger charge is -2.21. The number of halogens is 1. The van der Waals surface area contributed by atoms with Gasteiger partial charge in [-0.05, 0) is 36.1 Å². The van der Waals surface area contributed by atoms with Gasteiger partial charge in [-0.25, -0.2) is 4.98 Å². The number of hydrogen-bond donors (Lipinski definition) is 1.